The number of carboxylic acids is 1. The third-order valence-corrected chi connectivity index (χ3v) is 5.04. The van der Waals surface area contributed by atoms with Crippen molar-refractivity contribution in [3.8, 4) is 6.07 Å². The second-order valence-corrected chi connectivity index (χ2v) is 6.38. The molecule has 1 aromatic rings. The lowest BCUT2D eigenvalue weighted by atomic mass is 9.62. The molecule has 1 fully saturated rings. The minimum Gasteiger partial charge on any atom is -0.481 e. The number of hydrogen-bond donors (Lipinski definition) is 1. The summed E-state index contributed by atoms with van der Waals surface area (Å²) in [6.45, 7) is 2.05. The van der Waals surface area contributed by atoms with Crippen molar-refractivity contribution in [2.45, 2.75) is 57.3 Å². The predicted octanol–water partition coefficient (Wildman–Crippen LogP) is 3.83. The van der Waals surface area contributed by atoms with Gasteiger partial charge in [0, 0.05) is 6.42 Å². The summed E-state index contributed by atoms with van der Waals surface area (Å²) in [5, 5.41) is 18.6. The standard InChI is InChI=1S/C19H23NO3/c1-2-3-8-17(21)19(11-9-14(10-12-19)18(22)23)16-7-5-4-6-15(16)13-20/h4-7,14H,2-3,8-12H2,1H3,(H,22,23). The van der Waals surface area contributed by atoms with Crippen molar-refractivity contribution < 1.29 is 14.7 Å². The van der Waals surface area contributed by atoms with Crippen LogP contribution >= 0.6 is 0 Å². The quantitative estimate of drug-likeness (QED) is 0.865. The molecule has 0 unspecified atom stereocenters. The maximum atomic E-state index is 13.0. The molecular formula is C19H23NO3. The van der Waals surface area contributed by atoms with Crippen LogP contribution in [-0.4, -0.2) is 16.9 Å². The van der Waals surface area contributed by atoms with E-state index in [9.17, 15) is 20.0 Å². The Bertz CT molecular complexity index is 622. The SMILES string of the molecule is CCCCC(=O)C1(c2ccccc2C#N)CCC(C(=O)O)CC1. The van der Waals surface area contributed by atoms with E-state index in [1.165, 1.54) is 0 Å². The molecule has 1 aromatic carbocycles. The lowest BCUT2D eigenvalue weighted by molar-refractivity contribution is -0.144. The molecule has 0 atom stereocenters. The molecule has 23 heavy (non-hydrogen) atoms. The third kappa shape index (κ3) is 3.44. The highest BCUT2D eigenvalue weighted by molar-refractivity contribution is 5.91. The van der Waals surface area contributed by atoms with Gasteiger partial charge >= 0.3 is 5.97 Å². The average molecular weight is 313 g/mol. The number of carboxylic acid groups (broad SMARTS) is 1. The number of nitrogens with zero attached hydrogens (tertiary/aromatic N) is 1. The molecule has 1 saturated carbocycles. The normalized spacial score (nSPS) is 23.9. The van der Waals surface area contributed by atoms with Crippen molar-refractivity contribution >= 4 is 11.8 Å². The van der Waals surface area contributed by atoms with Crippen LogP contribution in [0.3, 0.4) is 0 Å². The average Bonchev–Trinajstić information content (AvgIpc) is 2.59. The van der Waals surface area contributed by atoms with E-state index >= 15 is 0 Å². The first-order chi connectivity index (χ1) is 11.0. The highest BCUT2D eigenvalue weighted by atomic mass is 16.4. The van der Waals surface area contributed by atoms with Gasteiger partial charge in [0.15, 0.2) is 0 Å². The van der Waals surface area contributed by atoms with Crippen LogP contribution in [-0.2, 0) is 15.0 Å². The third-order valence-electron chi connectivity index (χ3n) is 5.04. The number of Topliss-reactive ketones (excluding diaryl/α,β-unsaturated/α-hetero) is 1. The number of rotatable bonds is 6. The van der Waals surface area contributed by atoms with Gasteiger partial charge < -0.3 is 5.11 Å². The van der Waals surface area contributed by atoms with Crippen molar-refractivity contribution in [3.63, 3.8) is 0 Å². The molecule has 122 valence electrons. The van der Waals surface area contributed by atoms with E-state index in [1.54, 1.807) is 12.1 Å². The van der Waals surface area contributed by atoms with Crippen molar-refractivity contribution in [2.75, 3.05) is 0 Å². The maximum absolute atomic E-state index is 13.0. The molecule has 0 spiro atoms. The highest BCUT2D eigenvalue weighted by Gasteiger charge is 2.44. The summed E-state index contributed by atoms with van der Waals surface area (Å²) >= 11 is 0. The van der Waals surface area contributed by atoms with Gasteiger partial charge in [-0.25, -0.2) is 0 Å². The summed E-state index contributed by atoms with van der Waals surface area (Å²) < 4.78 is 0. The zero-order valence-electron chi connectivity index (χ0n) is 13.5. The minimum absolute atomic E-state index is 0.158. The smallest absolute Gasteiger partial charge is 0.306 e. The van der Waals surface area contributed by atoms with Crippen molar-refractivity contribution in [1.82, 2.24) is 0 Å². The molecule has 0 bridgehead atoms. The van der Waals surface area contributed by atoms with Crippen LogP contribution in [0.2, 0.25) is 0 Å². The summed E-state index contributed by atoms with van der Waals surface area (Å²) in [6, 6.07) is 9.46. The molecule has 2 rings (SSSR count). The number of carbonyl (C=O) groups excluding carboxylic acids is 1. The number of ketones is 1. The number of aliphatic carboxylic acids is 1. The van der Waals surface area contributed by atoms with Gasteiger partial charge in [0.05, 0.1) is 23.0 Å². The van der Waals surface area contributed by atoms with Crippen LogP contribution in [0.1, 0.15) is 63.0 Å². The van der Waals surface area contributed by atoms with Crippen molar-refractivity contribution in [1.29, 1.82) is 5.26 Å². The van der Waals surface area contributed by atoms with Gasteiger partial charge in [0.2, 0.25) is 0 Å². The first-order valence-electron chi connectivity index (χ1n) is 8.31. The molecule has 4 heteroatoms. The summed E-state index contributed by atoms with van der Waals surface area (Å²) in [6.07, 6.45) is 4.29. The summed E-state index contributed by atoms with van der Waals surface area (Å²) in [7, 11) is 0. The molecule has 0 heterocycles. The Kier molecular flexibility index (Phi) is 5.54. The number of unbranched alkanes of at least 4 members (excludes halogenated alkanes) is 1. The van der Waals surface area contributed by atoms with Crippen molar-refractivity contribution in [2.24, 2.45) is 5.92 Å². The highest BCUT2D eigenvalue weighted by Crippen LogP contribution is 2.44. The number of carbonyl (C=O) groups is 2. The van der Waals surface area contributed by atoms with Crippen LogP contribution < -0.4 is 0 Å². The topological polar surface area (TPSA) is 78.2 Å². The number of benzene rings is 1. The molecule has 0 amide bonds. The Morgan fingerprint density at radius 2 is 1.96 bits per heavy atom. The monoisotopic (exact) mass is 313 g/mol. The fourth-order valence-corrected chi connectivity index (χ4v) is 3.63. The van der Waals surface area contributed by atoms with E-state index < -0.39 is 11.4 Å². The van der Waals surface area contributed by atoms with E-state index in [1.807, 2.05) is 19.1 Å². The molecule has 1 aliphatic carbocycles. The van der Waals surface area contributed by atoms with E-state index in [2.05, 4.69) is 6.07 Å². The summed E-state index contributed by atoms with van der Waals surface area (Å²) in [5.41, 5.74) is 0.631. The Labute approximate surface area is 137 Å². The van der Waals surface area contributed by atoms with E-state index in [-0.39, 0.29) is 11.7 Å². The second-order valence-electron chi connectivity index (χ2n) is 6.38. The predicted molar refractivity (Wildman–Crippen MR) is 87.0 cm³/mol. The van der Waals surface area contributed by atoms with Crippen LogP contribution in [0, 0.1) is 17.2 Å². The molecule has 1 N–H and O–H groups in total. The van der Waals surface area contributed by atoms with Gasteiger partial charge in [-0.3, -0.25) is 9.59 Å². The van der Waals surface area contributed by atoms with Gasteiger partial charge in [0.25, 0.3) is 0 Å². The maximum Gasteiger partial charge on any atom is 0.306 e. The molecule has 4 nitrogen and oxygen atoms in total. The fraction of sp³-hybridized carbons (Fsp3) is 0.526. The van der Waals surface area contributed by atoms with E-state index in [0.29, 0.717) is 37.7 Å². The minimum atomic E-state index is -0.784. The van der Waals surface area contributed by atoms with Gasteiger partial charge in [-0.15, -0.1) is 0 Å². The molecule has 0 aliphatic heterocycles. The largest absolute Gasteiger partial charge is 0.481 e. The Morgan fingerprint density at radius 3 is 2.52 bits per heavy atom. The molecule has 0 saturated heterocycles. The van der Waals surface area contributed by atoms with Crippen LogP contribution in [0.4, 0.5) is 0 Å². The molecule has 0 radical (unpaired) electrons. The van der Waals surface area contributed by atoms with Gasteiger partial charge in [0.1, 0.15) is 5.78 Å². The van der Waals surface area contributed by atoms with Crippen LogP contribution in [0.25, 0.3) is 0 Å². The number of hydrogen-bond acceptors (Lipinski definition) is 3. The lowest BCUT2D eigenvalue weighted by Gasteiger charge is -2.39. The molecular weight excluding hydrogens is 290 g/mol. The molecule has 0 aromatic heterocycles. The first kappa shape index (κ1) is 17.2. The fourth-order valence-electron chi connectivity index (χ4n) is 3.63. The van der Waals surface area contributed by atoms with Crippen LogP contribution in [0.5, 0.6) is 0 Å². The van der Waals surface area contributed by atoms with Gasteiger partial charge in [-0.1, -0.05) is 31.5 Å². The summed E-state index contributed by atoms with van der Waals surface area (Å²) in [4.78, 5) is 24.2. The first-order valence-corrected chi connectivity index (χ1v) is 8.31. The van der Waals surface area contributed by atoms with Gasteiger partial charge in [-0.05, 0) is 43.7 Å². The summed E-state index contributed by atoms with van der Waals surface area (Å²) in [5.74, 6) is -1.00. The molecule has 1 aliphatic rings. The second kappa shape index (κ2) is 7.41. The number of nitriles is 1. The lowest BCUT2D eigenvalue weighted by Crippen LogP contribution is -2.41. The van der Waals surface area contributed by atoms with Crippen molar-refractivity contribution in [3.05, 3.63) is 35.4 Å². The zero-order chi connectivity index (χ0) is 16.9. The van der Waals surface area contributed by atoms with Crippen LogP contribution in [0.15, 0.2) is 24.3 Å². The van der Waals surface area contributed by atoms with E-state index in [0.717, 1.165) is 18.4 Å². The van der Waals surface area contributed by atoms with Gasteiger partial charge in [-0.2, -0.15) is 5.26 Å². The Hall–Kier alpha value is -2.15. The Morgan fingerprint density at radius 1 is 1.30 bits per heavy atom. The Balaban J connectivity index is 2.39. The van der Waals surface area contributed by atoms with E-state index in [4.69, 9.17) is 0 Å². The zero-order valence-corrected chi connectivity index (χ0v) is 13.5.